The second-order valence-corrected chi connectivity index (χ2v) is 5.96. The van der Waals surface area contributed by atoms with E-state index in [4.69, 9.17) is 9.72 Å². The molecular weight excluding hydrogens is 262 g/mol. The lowest BCUT2D eigenvalue weighted by atomic mass is 10.1. The standard InChI is InChI=1S/C17H29N3O/c1-4-10-18-12-15-8-9-17(19-14(15)2)20(3)13-16-7-5-6-11-21-16/h8-9,16,18H,4-7,10-13H2,1-3H3. The molecule has 1 aliphatic rings. The third-order valence-corrected chi connectivity index (χ3v) is 4.07. The first-order chi connectivity index (χ1) is 10.2. The lowest BCUT2D eigenvalue weighted by molar-refractivity contribution is 0.0215. The molecular formula is C17H29N3O. The van der Waals surface area contributed by atoms with Gasteiger partial charge in [-0.2, -0.15) is 0 Å². The van der Waals surface area contributed by atoms with Gasteiger partial charge in [0.05, 0.1) is 6.10 Å². The third-order valence-electron chi connectivity index (χ3n) is 4.07. The Bertz CT molecular complexity index is 430. The number of nitrogens with one attached hydrogen (secondary N) is 1. The molecule has 1 aromatic heterocycles. The van der Waals surface area contributed by atoms with Gasteiger partial charge in [0.15, 0.2) is 0 Å². The zero-order valence-corrected chi connectivity index (χ0v) is 13.7. The number of likely N-dealkylation sites (N-methyl/N-ethyl adjacent to an activating group) is 1. The van der Waals surface area contributed by atoms with E-state index in [0.29, 0.717) is 6.10 Å². The van der Waals surface area contributed by atoms with E-state index in [1.54, 1.807) is 0 Å². The van der Waals surface area contributed by atoms with Crippen LogP contribution in [0.3, 0.4) is 0 Å². The number of aromatic nitrogens is 1. The molecule has 2 rings (SSSR count). The van der Waals surface area contributed by atoms with Crippen molar-refractivity contribution in [1.29, 1.82) is 0 Å². The van der Waals surface area contributed by atoms with Gasteiger partial charge in [0.25, 0.3) is 0 Å². The minimum absolute atomic E-state index is 0.358. The first-order valence-corrected chi connectivity index (χ1v) is 8.20. The molecule has 1 aromatic rings. The van der Waals surface area contributed by atoms with Crippen LogP contribution in [0.1, 0.15) is 43.9 Å². The smallest absolute Gasteiger partial charge is 0.128 e. The van der Waals surface area contributed by atoms with Crippen molar-refractivity contribution in [2.45, 2.75) is 52.2 Å². The maximum absolute atomic E-state index is 5.81. The van der Waals surface area contributed by atoms with Gasteiger partial charge < -0.3 is 15.0 Å². The molecule has 1 atom stereocenters. The zero-order chi connectivity index (χ0) is 15.1. The van der Waals surface area contributed by atoms with Gasteiger partial charge in [0.2, 0.25) is 0 Å². The van der Waals surface area contributed by atoms with E-state index in [2.05, 4.69) is 43.2 Å². The van der Waals surface area contributed by atoms with Gasteiger partial charge in [-0.25, -0.2) is 4.98 Å². The molecule has 4 heteroatoms. The molecule has 0 bridgehead atoms. The van der Waals surface area contributed by atoms with Crippen molar-refractivity contribution >= 4 is 5.82 Å². The average molecular weight is 291 g/mol. The van der Waals surface area contributed by atoms with Gasteiger partial charge >= 0.3 is 0 Å². The number of anilines is 1. The molecule has 1 unspecified atom stereocenters. The van der Waals surface area contributed by atoms with Crippen LogP contribution in [0.5, 0.6) is 0 Å². The second kappa shape index (κ2) is 8.35. The van der Waals surface area contributed by atoms with Gasteiger partial charge in [0.1, 0.15) is 5.82 Å². The Morgan fingerprint density at radius 3 is 2.90 bits per heavy atom. The average Bonchev–Trinajstić information content (AvgIpc) is 2.50. The molecule has 118 valence electrons. The molecule has 0 aromatic carbocycles. The van der Waals surface area contributed by atoms with Gasteiger partial charge in [-0.05, 0) is 50.8 Å². The fourth-order valence-corrected chi connectivity index (χ4v) is 2.73. The molecule has 0 amide bonds. The molecule has 0 spiro atoms. The lowest BCUT2D eigenvalue weighted by Gasteiger charge is -2.28. The summed E-state index contributed by atoms with van der Waals surface area (Å²) < 4.78 is 5.81. The molecule has 1 aliphatic heterocycles. The van der Waals surface area contributed by atoms with E-state index in [1.807, 2.05) is 0 Å². The van der Waals surface area contributed by atoms with Crippen LogP contribution in [0.15, 0.2) is 12.1 Å². The zero-order valence-electron chi connectivity index (χ0n) is 13.7. The fraction of sp³-hybridized carbons (Fsp3) is 0.706. The Hall–Kier alpha value is -1.13. The Balaban J connectivity index is 1.91. The highest BCUT2D eigenvalue weighted by Crippen LogP contribution is 2.18. The minimum Gasteiger partial charge on any atom is -0.376 e. The van der Waals surface area contributed by atoms with Crippen LogP contribution in [0, 0.1) is 6.92 Å². The molecule has 2 heterocycles. The summed E-state index contributed by atoms with van der Waals surface area (Å²) in [6.45, 7) is 8.08. The summed E-state index contributed by atoms with van der Waals surface area (Å²) in [7, 11) is 2.11. The van der Waals surface area contributed by atoms with Crippen molar-refractivity contribution in [3.05, 3.63) is 23.4 Å². The van der Waals surface area contributed by atoms with Crippen LogP contribution in [-0.2, 0) is 11.3 Å². The van der Waals surface area contributed by atoms with Crippen molar-refractivity contribution in [1.82, 2.24) is 10.3 Å². The van der Waals surface area contributed by atoms with Crippen molar-refractivity contribution in [3.8, 4) is 0 Å². The maximum Gasteiger partial charge on any atom is 0.128 e. The summed E-state index contributed by atoms with van der Waals surface area (Å²) in [6, 6.07) is 4.32. The van der Waals surface area contributed by atoms with Gasteiger partial charge in [0, 0.05) is 32.4 Å². The number of pyridine rings is 1. The molecule has 1 saturated heterocycles. The number of ether oxygens (including phenoxy) is 1. The lowest BCUT2D eigenvalue weighted by Crippen LogP contribution is -2.33. The first kappa shape index (κ1) is 16.2. The molecule has 21 heavy (non-hydrogen) atoms. The largest absolute Gasteiger partial charge is 0.376 e. The molecule has 0 radical (unpaired) electrons. The minimum atomic E-state index is 0.358. The molecule has 4 nitrogen and oxygen atoms in total. The SMILES string of the molecule is CCCNCc1ccc(N(C)CC2CCCCO2)nc1C. The first-order valence-electron chi connectivity index (χ1n) is 8.20. The third kappa shape index (κ3) is 4.97. The summed E-state index contributed by atoms with van der Waals surface area (Å²) in [5.74, 6) is 1.04. The van der Waals surface area contributed by atoms with Gasteiger partial charge in [-0.3, -0.25) is 0 Å². The predicted octanol–water partition coefficient (Wildman–Crippen LogP) is 2.89. The normalized spacial score (nSPS) is 18.7. The summed E-state index contributed by atoms with van der Waals surface area (Å²) in [4.78, 5) is 6.96. The number of rotatable bonds is 7. The van der Waals surface area contributed by atoms with E-state index >= 15 is 0 Å². The highest BCUT2D eigenvalue weighted by molar-refractivity contribution is 5.41. The van der Waals surface area contributed by atoms with Crippen molar-refractivity contribution in [2.24, 2.45) is 0 Å². The summed E-state index contributed by atoms with van der Waals surface area (Å²) in [5, 5.41) is 3.43. The topological polar surface area (TPSA) is 37.4 Å². The van der Waals surface area contributed by atoms with Crippen LogP contribution in [0.2, 0.25) is 0 Å². The molecule has 0 aliphatic carbocycles. The summed E-state index contributed by atoms with van der Waals surface area (Å²) >= 11 is 0. The van der Waals surface area contributed by atoms with Crippen LogP contribution >= 0.6 is 0 Å². The van der Waals surface area contributed by atoms with E-state index in [9.17, 15) is 0 Å². The Morgan fingerprint density at radius 1 is 1.38 bits per heavy atom. The van der Waals surface area contributed by atoms with Gasteiger partial charge in [-0.15, -0.1) is 0 Å². The van der Waals surface area contributed by atoms with Crippen molar-refractivity contribution in [3.63, 3.8) is 0 Å². The quantitative estimate of drug-likeness (QED) is 0.784. The van der Waals surface area contributed by atoms with Crippen LogP contribution in [0.4, 0.5) is 5.82 Å². The summed E-state index contributed by atoms with van der Waals surface area (Å²) in [5.41, 5.74) is 2.40. The number of nitrogens with zero attached hydrogens (tertiary/aromatic N) is 2. The van der Waals surface area contributed by atoms with Crippen molar-refractivity contribution < 1.29 is 4.74 Å². The molecule has 1 fully saturated rings. The Labute approximate surface area is 128 Å². The Kier molecular flexibility index (Phi) is 6.46. The molecule has 1 N–H and O–H groups in total. The predicted molar refractivity (Wildman–Crippen MR) is 87.8 cm³/mol. The molecule has 0 saturated carbocycles. The maximum atomic E-state index is 5.81. The van der Waals surface area contributed by atoms with Crippen molar-refractivity contribution in [2.75, 3.05) is 31.6 Å². The van der Waals surface area contributed by atoms with Crippen LogP contribution < -0.4 is 10.2 Å². The number of hydrogen-bond acceptors (Lipinski definition) is 4. The number of aryl methyl sites for hydroxylation is 1. The Morgan fingerprint density at radius 2 is 2.24 bits per heavy atom. The highest BCUT2D eigenvalue weighted by Gasteiger charge is 2.17. The summed E-state index contributed by atoms with van der Waals surface area (Å²) in [6.07, 6.45) is 5.18. The monoisotopic (exact) mass is 291 g/mol. The second-order valence-electron chi connectivity index (χ2n) is 5.96. The van der Waals surface area contributed by atoms with E-state index in [-0.39, 0.29) is 0 Å². The highest BCUT2D eigenvalue weighted by atomic mass is 16.5. The van der Waals surface area contributed by atoms with Crippen LogP contribution in [0.25, 0.3) is 0 Å². The number of hydrogen-bond donors (Lipinski definition) is 1. The fourth-order valence-electron chi connectivity index (χ4n) is 2.73. The van der Waals surface area contributed by atoms with E-state index in [0.717, 1.165) is 44.2 Å². The van der Waals surface area contributed by atoms with E-state index < -0.39 is 0 Å². The van der Waals surface area contributed by atoms with Gasteiger partial charge in [-0.1, -0.05) is 13.0 Å². The van der Waals surface area contributed by atoms with E-state index in [1.165, 1.54) is 24.8 Å². The van der Waals surface area contributed by atoms with Crippen LogP contribution in [-0.4, -0.2) is 37.8 Å².